The summed E-state index contributed by atoms with van der Waals surface area (Å²) in [5, 5.41) is 37.2. The average molecular weight is 247 g/mol. The molecule has 0 aromatic heterocycles. The third-order valence-corrected chi connectivity index (χ3v) is 1.89. The second kappa shape index (κ2) is 5.31. The zero-order valence-electron chi connectivity index (χ0n) is 9.01. The number of nitrogens with two attached hydrogens (primary N) is 1. The van der Waals surface area contributed by atoms with Crippen LogP contribution in [0.25, 0.3) is 0 Å². The highest BCUT2D eigenvalue weighted by molar-refractivity contribution is 6.45. The molecule has 0 unspecified atom stereocenters. The van der Waals surface area contributed by atoms with E-state index in [1.54, 1.807) is 6.07 Å². The monoisotopic (exact) mass is 247 g/mol. The number of carbonyl (C=O) groups is 1. The van der Waals surface area contributed by atoms with Gasteiger partial charge in [-0.2, -0.15) is 10.4 Å². The minimum atomic E-state index is -1.26. The van der Waals surface area contributed by atoms with Crippen LogP contribution in [0.5, 0.6) is 5.75 Å². The SMILES string of the molecule is N#C/C(=N\Nc1ccc(C(=O)O)c(O)c1)C(=N)N. The van der Waals surface area contributed by atoms with E-state index in [1.807, 2.05) is 0 Å². The van der Waals surface area contributed by atoms with E-state index in [4.69, 9.17) is 21.5 Å². The molecule has 1 aromatic carbocycles. The predicted octanol–water partition coefficient (Wildman–Crippen LogP) is 0.318. The maximum absolute atomic E-state index is 10.6. The van der Waals surface area contributed by atoms with Gasteiger partial charge in [-0.25, -0.2) is 4.79 Å². The highest BCUT2D eigenvalue weighted by Gasteiger charge is 2.09. The fourth-order valence-corrected chi connectivity index (χ4v) is 1.05. The Bertz CT molecular complexity index is 573. The third kappa shape index (κ3) is 2.96. The van der Waals surface area contributed by atoms with E-state index in [9.17, 15) is 9.90 Å². The Morgan fingerprint density at radius 1 is 1.56 bits per heavy atom. The number of carboxylic acids is 1. The van der Waals surface area contributed by atoms with Crippen LogP contribution >= 0.6 is 0 Å². The summed E-state index contributed by atoms with van der Waals surface area (Å²) in [7, 11) is 0. The Kier molecular flexibility index (Phi) is 3.83. The van der Waals surface area contributed by atoms with E-state index in [0.717, 1.165) is 6.07 Å². The zero-order valence-corrected chi connectivity index (χ0v) is 9.01. The van der Waals surface area contributed by atoms with Crippen molar-refractivity contribution in [3.8, 4) is 11.8 Å². The Labute approximate surface area is 101 Å². The first-order valence-corrected chi connectivity index (χ1v) is 4.60. The lowest BCUT2D eigenvalue weighted by molar-refractivity contribution is 0.0694. The number of hydrogen-bond donors (Lipinski definition) is 5. The molecule has 1 aromatic rings. The van der Waals surface area contributed by atoms with E-state index < -0.39 is 17.6 Å². The first kappa shape index (κ1) is 13.0. The molecule has 0 bridgehead atoms. The molecule has 92 valence electrons. The van der Waals surface area contributed by atoms with Gasteiger partial charge >= 0.3 is 5.97 Å². The van der Waals surface area contributed by atoms with Gasteiger partial charge in [0, 0.05) is 6.07 Å². The fraction of sp³-hybridized carbons (Fsp3) is 0. The molecule has 0 saturated carbocycles. The molecule has 0 heterocycles. The van der Waals surface area contributed by atoms with Crippen LogP contribution in [0.3, 0.4) is 0 Å². The molecule has 0 aliphatic heterocycles. The molecule has 0 aliphatic carbocycles. The summed E-state index contributed by atoms with van der Waals surface area (Å²) in [6.07, 6.45) is 0. The number of aromatic hydroxyl groups is 1. The molecular weight excluding hydrogens is 238 g/mol. The second-order valence-corrected chi connectivity index (χ2v) is 3.13. The number of nitrogens with zero attached hydrogens (tertiary/aromatic N) is 2. The minimum absolute atomic E-state index is 0.253. The first-order valence-electron chi connectivity index (χ1n) is 4.60. The van der Waals surface area contributed by atoms with E-state index >= 15 is 0 Å². The van der Waals surface area contributed by atoms with Crippen molar-refractivity contribution < 1.29 is 15.0 Å². The van der Waals surface area contributed by atoms with Crippen molar-refractivity contribution in [3.05, 3.63) is 23.8 Å². The Balaban J connectivity index is 2.95. The molecule has 0 radical (unpaired) electrons. The van der Waals surface area contributed by atoms with Gasteiger partial charge < -0.3 is 15.9 Å². The Morgan fingerprint density at radius 3 is 2.67 bits per heavy atom. The van der Waals surface area contributed by atoms with Crippen molar-refractivity contribution in [2.75, 3.05) is 5.43 Å². The summed E-state index contributed by atoms with van der Waals surface area (Å²) in [6, 6.07) is 5.25. The van der Waals surface area contributed by atoms with Crippen molar-refractivity contribution in [1.29, 1.82) is 10.7 Å². The molecular formula is C10H9N5O3. The number of hydrogen-bond acceptors (Lipinski definition) is 6. The maximum Gasteiger partial charge on any atom is 0.339 e. The normalized spacial score (nSPS) is 10.5. The van der Waals surface area contributed by atoms with Crippen molar-refractivity contribution in [2.24, 2.45) is 10.8 Å². The van der Waals surface area contributed by atoms with Crippen LogP contribution in [0.15, 0.2) is 23.3 Å². The summed E-state index contributed by atoms with van der Waals surface area (Å²) in [5.41, 5.74) is 7.12. The number of nitrogens with one attached hydrogen (secondary N) is 2. The number of nitriles is 1. The topological polar surface area (TPSA) is 156 Å². The highest BCUT2D eigenvalue weighted by atomic mass is 16.4. The fourth-order valence-electron chi connectivity index (χ4n) is 1.05. The molecule has 0 atom stereocenters. The van der Waals surface area contributed by atoms with Crippen LogP contribution in [0.2, 0.25) is 0 Å². The Hall–Kier alpha value is -3.08. The number of anilines is 1. The minimum Gasteiger partial charge on any atom is -0.507 e. The number of amidine groups is 1. The van der Waals surface area contributed by atoms with Crippen molar-refractivity contribution in [3.63, 3.8) is 0 Å². The number of benzene rings is 1. The molecule has 8 heteroatoms. The average Bonchev–Trinajstić information content (AvgIpc) is 2.28. The van der Waals surface area contributed by atoms with Gasteiger partial charge in [-0.15, -0.1) is 0 Å². The summed E-state index contributed by atoms with van der Waals surface area (Å²) in [5.74, 6) is -2.20. The largest absolute Gasteiger partial charge is 0.507 e. The molecule has 0 saturated heterocycles. The quantitative estimate of drug-likeness (QED) is 0.293. The van der Waals surface area contributed by atoms with Gasteiger partial charge in [0.1, 0.15) is 17.4 Å². The molecule has 18 heavy (non-hydrogen) atoms. The number of rotatable bonds is 4. The summed E-state index contributed by atoms with van der Waals surface area (Å²) in [4.78, 5) is 10.6. The number of hydrazone groups is 1. The summed E-state index contributed by atoms with van der Waals surface area (Å²) in [6.45, 7) is 0. The van der Waals surface area contributed by atoms with Crippen LogP contribution in [0.4, 0.5) is 5.69 Å². The molecule has 6 N–H and O–H groups in total. The smallest absolute Gasteiger partial charge is 0.339 e. The maximum atomic E-state index is 10.6. The molecule has 0 aliphatic rings. The van der Waals surface area contributed by atoms with Gasteiger partial charge in [-0.1, -0.05) is 0 Å². The van der Waals surface area contributed by atoms with Crippen LogP contribution < -0.4 is 11.2 Å². The molecule has 1 rings (SSSR count). The number of phenols is 1. The van der Waals surface area contributed by atoms with E-state index in [-0.39, 0.29) is 17.0 Å². The lowest BCUT2D eigenvalue weighted by atomic mass is 10.2. The standard InChI is InChI=1S/C10H9N5O3/c11-4-7(9(12)13)15-14-5-1-2-6(10(17)18)8(16)3-5/h1-3,14,16H,(H3,12,13)(H,17,18)/b15-7+. The van der Waals surface area contributed by atoms with Crippen LogP contribution in [0, 0.1) is 16.7 Å². The summed E-state index contributed by atoms with van der Waals surface area (Å²) < 4.78 is 0. The van der Waals surface area contributed by atoms with Gasteiger partial charge in [0.2, 0.25) is 5.71 Å². The van der Waals surface area contributed by atoms with Crippen LogP contribution in [-0.4, -0.2) is 27.7 Å². The van der Waals surface area contributed by atoms with E-state index in [0.29, 0.717) is 0 Å². The lowest BCUT2D eigenvalue weighted by Gasteiger charge is -2.04. The third-order valence-electron chi connectivity index (χ3n) is 1.89. The van der Waals surface area contributed by atoms with Crippen molar-refractivity contribution in [2.45, 2.75) is 0 Å². The van der Waals surface area contributed by atoms with E-state index in [2.05, 4.69) is 10.5 Å². The molecule has 8 nitrogen and oxygen atoms in total. The van der Waals surface area contributed by atoms with E-state index in [1.165, 1.54) is 12.1 Å². The number of carboxylic acid groups (broad SMARTS) is 1. The van der Waals surface area contributed by atoms with Gasteiger partial charge in [-0.3, -0.25) is 10.8 Å². The number of aromatic carboxylic acids is 1. The van der Waals surface area contributed by atoms with Gasteiger partial charge in [-0.05, 0) is 12.1 Å². The first-order chi connectivity index (χ1) is 8.45. The van der Waals surface area contributed by atoms with Crippen molar-refractivity contribution >= 4 is 23.2 Å². The molecule has 0 fully saturated rings. The highest BCUT2D eigenvalue weighted by Crippen LogP contribution is 2.21. The van der Waals surface area contributed by atoms with Gasteiger partial charge in [0.25, 0.3) is 0 Å². The molecule has 0 spiro atoms. The summed E-state index contributed by atoms with van der Waals surface area (Å²) >= 11 is 0. The van der Waals surface area contributed by atoms with Gasteiger partial charge in [0.15, 0.2) is 5.84 Å². The van der Waals surface area contributed by atoms with Crippen molar-refractivity contribution in [1.82, 2.24) is 0 Å². The predicted molar refractivity (Wildman–Crippen MR) is 63.7 cm³/mol. The Morgan fingerprint density at radius 2 is 2.22 bits per heavy atom. The second-order valence-electron chi connectivity index (χ2n) is 3.13. The lowest BCUT2D eigenvalue weighted by Crippen LogP contribution is -2.21. The van der Waals surface area contributed by atoms with Crippen LogP contribution in [-0.2, 0) is 0 Å². The van der Waals surface area contributed by atoms with Gasteiger partial charge in [0.05, 0.1) is 5.69 Å². The van der Waals surface area contributed by atoms with Crippen LogP contribution in [0.1, 0.15) is 10.4 Å². The zero-order chi connectivity index (χ0) is 13.7. The molecule has 0 amide bonds.